The molecule has 0 bridgehead atoms. The van der Waals surface area contributed by atoms with Gasteiger partial charge in [-0.1, -0.05) is 0 Å². The first-order valence-electron chi connectivity index (χ1n) is 8.28. The van der Waals surface area contributed by atoms with Gasteiger partial charge in [0, 0.05) is 3.57 Å². The number of nitrogens with one attached hydrogen (secondary N) is 2. The number of aliphatic hydroxyl groups is 1. The molecule has 1 aliphatic rings. The maximum Gasteiger partial charge on any atom is 0.277 e. The quantitative estimate of drug-likeness (QED) is 0.258. The Morgan fingerprint density at radius 3 is 2.61 bits per heavy atom. The number of aliphatic hydroxyl groups excluding tert-OH is 1. The number of anilines is 2. The molecule has 2 aromatic carbocycles. The van der Waals surface area contributed by atoms with Gasteiger partial charge in [-0.2, -0.15) is 0 Å². The number of carbonyl (C=O) groups excluding carboxylic acids is 1. The van der Waals surface area contributed by atoms with Crippen molar-refractivity contribution in [3.63, 3.8) is 0 Å². The minimum atomic E-state index is -1.35. The molecule has 150 valence electrons. The molecule has 0 heterocycles. The predicted molar refractivity (Wildman–Crippen MR) is 109 cm³/mol. The second-order valence-electron chi connectivity index (χ2n) is 6.27. The van der Waals surface area contributed by atoms with Gasteiger partial charge in [0.1, 0.15) is 11.9 Å². The van der Waals surface area contributed by atoms with Crippen LogP contribution in [0.3, 0.4) is 0 Å². The summed E-state index contributed by atoms with van der Waals surface area (Å²) in [5.41, 5.74) is 1.20. The normalized spacial score (nSPS) is 14.6. The maximum atomic E-state index is 14.5. The van der Waals surface area contributed by atoms with Crippen LogP contribution in [0.25, 0.3) is 0 Å². The van der Waals surface area contributed by atoms with Crippen LogP contribution in [0.1, 0.15) is 23.2 Å². The van der Waals surface area contributed by atoms with Crippen LogP contribution in [0.2, 0.25) is 0 Å². The van der Waals surface area contributed by atoms with Gasteiger partial charge in [-0.25, -0.2) is 18.7 Å². The molecular formula is C18H15BrF3IN2O3. The van der Waals surface area contributed by atoms with E-state index in [0.29, 0.717) is 3.57 Å². The Bertz CT molecular complexity index is 912. The highest BCUT2D eigenvalue weighted by Gasteiger charge is 2.33. The molecule has 0 saturated heterocycles. The van der Waals surface area contributed by atoms with Crippen molar-refractivity contribution in [3.8, 4) is 0 Å². The third-order valence-corrected chi connectivity index (χ3v) is 5.48. The van der Waals surface area contributed by atoms with Crippen molar-refractivity contribution < 1.29 is 27.9 Å². The molecule has 10 heteroatoms. The summed E-state index contributed by atoms with van der Waals surface area (Å²) in [6.45, 7) is -0.286. The second-order valence-corrected chi connectivity index (χ2v) is 8.37. The van der Waals surface area contributed by atoms with Crippen LogP contribution in [0.5, 0.6) is 0 Å². The lowest BCUT2D eigenvalue weighted by Gasteiger charge is -2.17. The van der Waals surface area contributed by atoms with E-state index in [1.165, 1.54) is 12.1 Å². The molecule has 1 aliphatic carbocycles. The van der Waals surface area contributed by atoms with E-state index in [-0.39, 0.29) is 28.2 Å². The van der Waals surface area contributed by atoms with Crippen molar-refractivity contribution in [2.24, 2.45) is 5.92 Å². The van der Waals surface area contributed by atoms with Crippen molar-refractivity contribution >= 4 is 55.8 Å². The number of hydroxylamine groups is 1. The van der Waals surface area contributed by atoms with Gasteiger partial charge in [-0.05, 0) is 81.5 Å². The van der Waals surface area contributed by atoms with E-state index in [9.17, 15) is 23.1 Å². The van der Waals surface area contributed by atoms with Gasteiger partial charge in [0.05, 0.1) is 28.0 Å². The fraction of sp³-hybridized carbons (Fsp3) is 0.278. The van der Waals surface area contributed by atoms with E-state index >= 15 is 0 Å². The lowest BCUT2D eigenvalue weighted by Crippen LogP contribution is -2.33. The van der Waals surface area contributed by atoms with Crippen LogP contribution >= 0.6 is 38.5 Å². The molecule has 1 fully saturated rings. The van der Waals surface area contributed by atoms with Crippen LogP contribution in [-0.2, 0) is 4.84 Å². The molecule has 0 spiro atoms. The van der Waals surface area contributed by atoms with Gasteiger partial charge >= 0.3 is 0 Å². The molecule has 0 radical (unpaired) electrons. The fourth-order valence-corrected chi connectivity index (χ4v) is 3.41. The number of benzene rings is 2. The molecule has 1 atom stereocenters. The van der Waals surface area contributed by atoms with Crippen molar-refractivity contribution in [2.45, 2.75) is 18.9 Å². The van der Waals surface area contributed by atoms with E-state index in [4.69, 9.17) is 4.84 Å². The number of rotatable bonds is 7. The third kappa shape index (κ3) is 4.78. The van der Waals surface area contributed by atoms with Crippen molar-refractivity contribution in [3.05, 3.63) is 55.3 Å². The number of hydrogen-bond donors (Lipinski definition) is 3. The summed E-state index contributed by atoms with van der Waals surface area (Å²) in [7, 11) is 0. The van der Waals surface area contributed by atoms with Crippen LogP contribution in [0.15, 0.2) is 28.7 Å². The predicted octanol–water partition coefficient (Wildman–Crippen LogP) is 4.65. The molecule has 1 amide bonds. The standard InChI is InChI=1S/C18H15BrF3IN2O3/c19-11-6-10(18(27)25-28-14(7-26)8-1-2-8)17(16(22)15(11)21)24-13-4-3-9(23)5-12(13)20/h3-6,8,14,24,26H,1-2,7H2,(H,25,27). The molecule has 0 aromatic heterocycles. The first-order valence-corrected chi connectivity index (χ1v) is 10.2. The zero-order valence-corrected chi connectivity index (χ0v) is 18.0. The van der Waals surface area contributed by atoms with Crippen LogP contribution in [-0.4, -0.2) is 23.7 Å². The Kier molecular flexibility index (Phi) is 6.84. The highest BCUT2D eigenvalue weighted by Crippen LogP contribution is 2.34. The lowest BCUT2D eigenvalue weighted by atomic mass is 10.1. The number of amides is 1. The van der Waals surface area contributed by atoms with Gasteiger partial charge in [-0.3, -0.25) is 9.63 Å². The lowest BCUT2D eigenvalue weighted by molar-refractivity contribution is -0.0497. The van der Waals surface area contributed by atoms with Crippen LogP contribution < -0.4 is 10.8 Å². The van der Waals surface area contributed by atoms with Crippen LogP contribution in [0, 0.1) is 26.9 Å². The molecule has 3 N–H and O–H groups in total. The maximum absolute atomic E-state index is 14.5. The highest BCUT2D eigenvalue weighted by atomic mass is 127. The summed E-state index contributed by atoms with van der Waals surface area (Å²) in [5.74, 6) is -3.99. The minimum absolute atomic E-state index is 0.123. The topological polar surface area (TPSA) is 70.6 Å². The highest BCUT2D eigenvalue weighted by molar-refractivity contribution is 14.1. The molecule has 28 heavy (non-hydrogen) atoms. The summed E-state index contributed by atoms with van der Waals surface area (Å²) in [5, 5.41) is 11.7. The fourth-order valence-electron chi connectivity index (χ4n) is 2.56. The van der Waals surface area contributed by atoms with E-state index < -0.39 is 35.2 Å². The Morgan fingerprint density at radius 1 is 1.29 bits per heavy atom. The number of hydrogen-bond acceptors (Lipinski definition) is 4. The molecular weight excluding hydrogens is 556 g/mol. The Hall–Kier alpha value is -1.37. The van der Waals surface area contributed by atoms with Gasteiger partial charge < -0.3 is 10.4 Å². The van der Waals surface area contributed by atoms with E-state index in [0.717, 1.165) is 18.9 Å². The zero-order valence-electron chi connectivity index (χ0n) is 14.2. The van der Waals surface area contributed by atoms with Crippen LogP contribution in [0.4, 0.5) is 24.5 Å². The van der Waals surface area contributed by atoms with Crippen molar-refractivity contribution in [1.82, 2.24) is 5.48 Å². The van der Waals surface area contributed by atoms with E-state index in [2.05, 4.69) is 26.7 Å². The first-order chi connectivity index (χ1) is 13.3. The van der Waals surface area contributed by atoms with E-state index in [1.54, 1.807) is 6.07 Å². The first kappa shape index (κ1) is 21.3. The number of carbonyl (C=O) groups is 1. The van der Waals surface area contributed by atoms with Gasteiger partial charge in [0.25, 0.3) is 5.91 Å². The monoisotopic (exact) mass is 570 g/mol. The van der Waals surface area contributed by atoms with Gasteiger partial charge in [0.2, 0.25) is 0 Å². The molecule has 5 nitrogen and oxygen atoms in total. The van der Waals surface area contributed by atoms with Crippen molar-refractivity contribution in [1.29, 1.82) is 0 Å². The average Bonchev–Trinajstić information content (AvgIpc) is 3.49. The summed E-state index contributed by atoms with van der Waals surface area (Å²) in [4.78, 5) is 17.7. The number of halogens is 5. The Labute approximate surface area is 180 Å². The van der Waals surface area contributed by atoms with Gasteiger partial charge in [-0.15, -0.1) is 0 Å². The molecule has 1 unspecified atom stereocenters. The molecule has 3 rings (SSSR count). The summed E-state index contributed by atoms with van der Waals surface area (Å²) >= 11 is 4.77. The minimum Gasteiger partial charge on any atom is -0.394 e. The average molecular weight is 571 g/mol. The Balaban J connectivity index is 1.89. The largest absolute Gasteiger partial charge is 0.394 e. The SMILES string of the molecule is O=C(NOC(CO)C1CC1)c1cc(Br)c(F)c(F)c1Nc1ccc(I)cc1F. The summed E-state index contributed by atoms with van der Waals surface area (Å²) in [6, 6.07) is 5.20. The second kappa shape index (κ2) is 8.97. The van der Waals surface area contributed by atoms with Crippen molar-refractivity contribution in [2.75, 3.05) is 11.9 Å². The van der Waals surface area contributed by atoms with E-state index in [1.807, 2.05) is 22.6 Å². The molecule has 1 saturated carbocycles. The molecule has 2 aromatic rings. The molecule has 0 aliphatic heterocycles. The Morgan fingerprint density at radius 2 is 2.00 bits per heavy atom. The smallest absolute Gasteiger partial charge is 0.277 e. The summed E-state index contributed by atoms with van der Waals surface area (Å²) < 4.78 is 43.0. The van der Waals surface area contributed by atoms with Gasteiger partial charge in [0.15, 0.2) is 11.6 Å². The zero-order chi connectivity index (χ0) is 20.4. The summed E-state index contributed by atoms with van der Waals surface area (Å²) in [6.07, 6.45) is 1.16. The third-order valence-electron chi connectivity index (χ3n) is 4.23.